The van der Waals surface area contributed by atoms with Crippen LogP contribution >= 0.6 is 23.8 Å². The van der Waals surface area contributed by atoms with Crippen molar-refractivity contribution in [3.63, 3.8) is 0 Å². The molecule has 1 aromatic rings. The molecule has 0 saturated carbocycles. The summed E-state index contributed by atoms with van der Waals surface area (Å²) in [5.74, 6) is -1.07. The minimum Gasteiger partial charge on any atom is -0.484 e. The molecule has 0 heterocycles. The van der Waals surface area contributed by atoms with Crippen LogP contribution in [0.1, 0.15) is 39.7 Å². The summed E-state index contributed by atoms with van der Waals surface area (Å²) in [7, 11) is 0. The SMILES string of the molecule is CCC(C)OC(=S)Cc1cc(NC(=O)C(C)C)c(F)cc1Cl. The van der Waals surface area contributed by atoms with Gasteiger partial charge in [0.1, 0.15) is 5.82 Å². The number of thiocarbonyl (C=S) groups is 1. The van der Waals surface area contributed by atoms with Gasteiger partial charge in [-0.05, 0) is 43.3 Å². The van der Waals surface area contributed by atoms with E-state index >= 15 is 0 Å². The largest absolute Gasteiger partial charge is 0.484 e. The third kappa shape index (κ3) is 5.54. The average molecular weight is 346 g/mol. The molecule has 0 radical (unpaired) electrons. The van der Waals surface area contributed by atoms with Crippen LogP contribution in [0.15, 0.2) is 12.1 Å². The molecule has 0 aromatic heterocycles. The number of carbonyl (C=O) groups excluding carboxylic acids is 1. The molecule has 3 nitrogen and oxygen atoms in total. The van der Waals surface area contributed by atoms with E-state index in [9.17, 15) is 9.18 Å². The Kier molecular flexibility index (Phi) is 7.23. The van der Waals surface area contributed by atoms with Gasteiger partial charge in [0.25, 0.3) is 0 Å². The van der Waals surface area contributed by atoms with Crippen molar-refractivity contribution in [3.05, 3.63) is 28.5 Å². The standard InChI is InChI=1S/C16H21ClFNO2S/c1-5-10(4)21-15(22)7-11-6-14(13(18)8-12(11)17)19-16(20)9(2)3/h6,8-10H,5,7H2,1-4H3,(H,19,20). The minimum atomic E-state index is -0.573. The lowest BCUT2D eigenvalue weighted by atomic mass is 10.1. The van der Waals surface area contributed by atoms with E-state index in [0.717, 1.165) is 6.42 Å². The topological polar surface area (TPSA) is 38.3 Å². The van der Waals surface area contributed by atoms with E-state index < -0.39 is 5.82 Å². The summed E-state index contributed by atoms with van der Waals surface area (Å²) in [5, 5.41) is 3.20. The van der Waals surface area contributed by atoms with E-state index in [0.29, 0.717) is 17.0 Å². The van der Waals surface area contributed by atoms with Gasteiger partial charge in [-0.2, -0.15) is 0 Å². The van der Waals surface area contributed by atoms with E-state index in [2.05, 4.69) is 5.32 Å². The number of hydrogen-bond acceptors (Lipinski definition) is 3. The smallest absolute Gasteiger partial charge is 0.227 e. The highest BCUT2D eigenvalue weighted by atomic mass is 35.5. The first-order valence-corrected chi connectivity index (χ1v) is 8.01. The Morgan fingerprint density at radius 1 is 1.41 bits per heavy atom. The molecule has 0 fully saturated rings. The van der Waals surface area contributed by atoms with Crippen LogP contribution in [0.4, 0.5) is 10.1 Å². The molecule has 0 saturated heterocycles. The summed E-state index contributed by atoms with van der Waals surface area (Å²) in [6.07, 6.45) is 1.16. The van der Waals surface area contributed by atoms with Crippen molar-refractivity contribution in [1.82, 2.24) is 0 Å². The normalized spacial score (nSPS) is 12.1. The fraction of sp³-hybridized carbons (Fsp3) is 0.500. The molecule has 6 heteroatoms. The molecule has 1 rings (SSSR count). The van der Waals surface area contributed by atoms with Gasteiger partial charge in [-0.25, -0.2) is 4.39 Å². The highest BCUT2D eigenvalue weighted by Crippen LogP contribution is 2.26. The fourth-order valence-electron chi connectivity index (χ4n) is 1.61. The van der Waals surface area contributed by atoms with E-state index in [1.54, 1.807) is 13.8 Å². The number of anilines is 1. The molecular weight excluding hydrogens is 325 g/mol. The Morgan fingerprint density at radius 2 is 2.05 bits per heavy atom. The number of benzene rings is 1. The zero-order valence-electron chi connectivity index (χ0n) is 13.2. The van der Waals surface area contributed by atoms with Gasteiger partial charge in [-0.3, -0.25) is 4.79 Å². The van der Waals surface area contributed by atoms with E-state index in [1.807, 2.05) is 13.8 Å². The predicted molar refractivity (Wildman–Crippen MR) is 92.0 cm³/mol. The second kappa shape index (κ2) is 8.44. The molecule has 1 aromatic carbocycles. The Balaban J connectivity index is 2.91. The second-order valence-corrected chi connectivity index (χ2v) is 6.32. The van der Waals surface area contributed by atoms with E-state index in [4.69, 9.17) is 28.6 Å². The summed E-state index contributed by atoms with van der Waals surface area (Å²) >= 11 is 11.2. The summed E-state index contributed by atoms with van der Waals surface area (Å²) in [6.45, 7) is 7.39. The number of rotatable bonds is 6. The predicted octanol–water partition coefficient (Wildman–Crippen LogP) is 4.76. The molecule has 122 valence electrons. The zero-order chi connectivity index (χ0) is 16.9. The minimum absolute atomic E-state index is 0.0202. The summed E-state index contributed by atoms with van der Waals surface area (Å²) in [4.78, 5) is 11.7. The van der Waals surface area contributed by atoms with Gasteiger partial charge in [-0.15, -0.1) is 0 Å². The van der Waals surface area contributed by atoms with Gasteiger partial charge in [0.2, 0.25) is 5.91 Å². The number of hydrogen-bond donors (Lipinski definition) is 1. The van der Waals surface area contributed by atoms with Crippen molar-refractivity contribution in [2.75, 3.05) is 5.32 Å². The first-order valence-electron chi connectivity index (χ1n) is 7.22. The van der Waals surface area contributed by atoms with Crippen molar-refractivity contribution in [3.8, 4) is 0 Å². The Hall–Kier alpha value is -1.20. The maximum Gasteiger partial charge on any atom is 0.227 e. The van der Waals surface area contributed by atoms with Crippen LogP contribution in [-0.2, 0) is 16.0 Å². The molecule has 0 aliphatic rings. The van der Waals surface area contributed by atoms with Crippen molar-refractivity contribution < 1.29 is 13.9 Å². The van der Waals surface area contributed by atoms with Crippen LogP contribution in [0, 0.1) is 11.7 Å². The fourth-order valence-corrected chi connectivity index (χ4v) is 2.14. The lowest BCUT2D eigenvalue weighted by molar-refractivity contribution is -0.118. The van der Waals surface area contributed by atoms with E-state index in [1.165, 1.54) is 12.1 Å². The molecule has 0 aliphatic heterocycles. The van der Waals surface area contributed by atoms with Gasteiger partial charge in [-0.1, -0.05) is 32.4 Å². The quantitative estimate of drug-likeness (QED) is 0.755. The molecule has 0 aliphatic carbocycles. The van der Waals surface area contributed by atoms with Gasteiger partial charge in [0.15, 0.2) is 5.05 Å². The molecule has 0 bridgehead atoms. The molecular formula is C16H21ClFNO2S. The maximum atomic E-state index is 13.9. The zero-order valence-corrected chi connectivity index (χ0v) is 14.8. The van der Waals surface area contributed by atoms with Crippen molar-refractivity contribution in [2.24, 2.45) is 5.92 Å². The van der Waals surface area contributed by atoms with Gasteiger partial charge in [0, 0.05) is 17.4 Å². The van der Waals surface area contributed by atoms with Crippen LogP contribution < -0.4 is 5.32 Å². The summed E-state index contributed by atoms with van der Waals surface area (Å²) in [5.41, 5.74) is 0.722. The van der Waals surface area contributed by atoms with Crippen molar-refractivity contribution >= 4 is 40.5 Å². The molecule has 22 heavy (non-hydrogen) atoms. The van der Waals surface area contributed by atoms with Crippen LogP contribution in [0.5, 0.6) is 0 Å². The first kappa shape index (κ1) is 18.8. The second-order valence-electron chi connectivity index (χ2n) is 5.45. The number of carbonyl (C=O) groups is 1. The average Bonchev–Trinajstić information content (AvgIpc) is 2.43. The van der Waals surface area contributed by atoms with Gasteiger partial charge < -0.3 is 10.1 Å². The Bertz CT molecular complexity index is 563. The third-order valence-corrected chi connectivity index (χ3v) is 3.75. The van der Waals surface area contributed by atoms with Crippen LogP contribution in [0.25, 0.3) is 0 Å². The van der Waals surface area contributed by atoms with Crippen molar-refractivity contribution in [2.45, 2.75) is 46.6 Å². The van der Waals surface area contributed by atoms with Gasteiger partial charge >= 0.3 is 0 Å². The molecule has 1 N–H and O–H groups in total. The van der Waals surface area contributed by atoms with Gasteiger partial charge in [0.05, 0.1) is 11.8 Å². The molecule has 1 amide bonds. The molecule has 1 unspecified atom stereocenters. The highest BCUT2D eigenvalue weighted by molar-refractivity contribution is 7.80. The third-order valence-electron chi connectivity index (χ3n) is 3.16. The monoisotopic (exact) mass is 345 g/mol. The van der Waals surface area contributed by atoms with Crippen LogP contribution in [0.3, 0.4) is 0 Å². The van der Waals surface area contributed by atoms with Crippen LogP contribution in [0.2, 0.25) is 5.02 Å². The Labute approximate surface area is 141 Å². The lowest BCUT2D eigenvalue weighted by Gasteiger charge is -2.15. The Morgan fingerprint density at radius 3 is 2.59 bits per heavy atom. The number of ether oxygens (including phenoxy) is 1. The first-order chi connectivity index (χ1) is 10.2. The molecule has 0 spiro atoms. The van der Waals surface area contributed by atoms with E-state index in [-0.39, 0.29) is 28.6 Å². The number of nitrogens with one attached hydrogen (secondary N) is 1. The lowest BCUT2D eigenvalue weighted by Crippen LogP contribution is -2.19. The maximum absolute atomic E-state index is 13.9. The van der Waals surface area contributed by atoms with Crippen LogP contribution in [-0.4, -0.2) is 17.1 Å². The summed E-state index contributed by atoms with van der Waals surface area (Å²) < 4.78 is 19.4. The number of amides is 1. The van der Waals surface area contributed by atoms with Crippen molar-refractivity contribution in [1.29, 1.82) is 0 Å². The number of halogens is 2. The highest BCUT2D eigenvalue weighted by Gasteiger charge is 2.15. The molecule has 1 atom stereocenters. The summed E-state index contributed by atoms with van der Waals surface area (Å²) in [6, 6.07) is 2.68.